The Hall–Kier alpha value is 0. The SMILES string of the molecule is C.C.CC(C)(C)CC1CC2CCCCC2C1.CC(C)(C)CC1CCCC1. The Kier molecular flexibility index (Phi) is 11.1. The van der Waals surface area contributed by atoms with Gasteiger partial charge in [0.1, 0.15) is 0 Å². The van der Waals surface area contributed by atoms with Crippen LogP contribution in [0.5, 0.6) is 0 Å². The molecule has 0 heteroatoms. The van der Waals surface area contributed by atoms with Crippen LogP contribution in [0.1, 0.15) is 133 Å². The smallest absolute Gasteiger partial charge is 0.0380 e. The van der Waals surface area contributed by atoms with Gasteiger partial charge in [-0.1, -0.05) is 108 Å². The van der Waals surface area contributed by atoms with Crippen molar-refractivity contribution in [2.24, 2.45) is 34.5 Å². The van der Waals surface area contributed by atoms with E-state index in [1.807, 2.05) is 0 Å². The highest BCUT2D eigenvalue weighted by Gasteiger charge is 2.36. The molecule has 0 amide bonds. The van der Waals surface area contributed by atoms with Gasteiger partial charge in [-0.3, -0.25) is 0 Å². The van der Waals surface area contributed by atoms with Gasteiger partial charge in [0, 0.05) is 0 Å². The van der Waals surface area contributed by atoms with Gasteiger partial charge in [0.25, 0.3) is 0 Å². The highest BCUT2D eigenvalue weighted by molar-refractivity contribution is 4.87. The van der Waals surface area contributed by atoms with Crippen molar-refractivity contribution >= 4 is 0 Å². The Morgan fingerprint density at radius 1 is 0.538 bits per heavy atom. The van der Waals surface area contributed by atoms with E-state index >= 15 is 0 Å². The third-order valence-corrected chi connectivity index (χ3v) is 6.62. The lowest BCUT2D eigenvalue weighted by Gasteiger charge is -2.24. The number of hydrogen-bond acceptors (Lipinski definition) is 0. The Morgan fingerprint density at radius 3 is 1.27 bits per heavy atom. The topological polar surface area (TPSA) is 0 Å². The van der Waals surface area contributed by atoms with E-state index in [-0.39, 0.29) is 14.9 Å². The van der Waals surface area contributed by atoms with Crippen LogP contribution in [0.3, 0.4) is 0 Å². The van der Waals surface area contributed by atoms with Crippen molar-refractivity contribution < 1.29 is 0 Å². The maximum absolute atomic E-state index is 2.40. The standard InChI is InChI=1S/C14H26.C10H20.2CH4/c1-14(2,3)10-11-8-12-6-4-5-7-13(12)9-11;1-10(2,3)8-9-6-4-5-7-9;;/h11-13H,4-10H2,1-3H3;9H,4-8H2,1-3H3;2*1H4. The lowest BCUT2D eigenvalue weighted by molar-refractivity contribution is 0.277. The second-order valence-electron chi connectivity index (χ2n) is 11.8. The maximum atomic E-state index is 2.40. The van der Waals surface area contributed by atoms with Gasteiger partial charge in [-0.15, -0.1) is 0 Å². The lowest BCUT2D eigenvalue weighted by atomic mass is 9.82. The van der Waals surface area contributed by atoms with Gasteiger partial charge in [0.05, 0.1) is 0 Å². The second kappa shape index (κ2) is 11.1. The first-order valence-electron chi connectivity index (χ1n) is 11.1. The molecule has 0 saturated heterocycles. The number of hydrogen-bond donors (Lipinski definition) is 0. The van der Waals surface area contributed by atoms with Crippen molar-refractivity contribution in [3.8, 4) is 0 Å². The van der Waals surface area contributed by atoms with Crippen LogP contribution in [0.4, 0.5) is 0 Å². The molecular weight excluding hydrogens is 312 g/mol. The molecular formula is C26H54. The van der Waals surface area contributed by atoms with Crippen molar-refractivity contribution in [1.29, 1.82) is 0 Å². The summed E-state index contributed by atoms with van der Waals surface area (Å²) in [7, 11) is 0. The van der Waals surface area contributed by atoms with Gasteiger partial charge in [-0.05, 0) is 60.2 Å². The molecule has 0 aromatic rings. The van der Waals surface area contributed by atoms with Crippen LogP contribution < -0.4 is 0 Å². The lowest BCUT2D eigenvalue weighted by Crippen LogP contribution is -2.12. The summed E-state index contributed by atoms with van der Waals surface area (Å²) in [6.45, 7) is 14.3. The quantitative estimate of drug-likeness (QED) is 0.456. The normalized spacial score (nSPS) is 29.1. The van der Waals surface area contributed by atoms with Gasteiger partial charge in [-0.2, -0.15) is 0 Å². The molecule has 0 radical (unpaired) electrons. The predicted molar refractivity (Wildman–Crippen MR) is 122 cm³/mol. The zero-order valence-electron chi connectivity index (χ0n) is 17.8. The van der Waals surface area contributed by atoms with Gasteiger partial charge in [0.2, 0.25) is 0 Å². The molecule has 0 aromatic heterocycles. The first kappa shape index (κ1) is 26.0. The van der Waals surface area contributed by atoms with Crippen molar-refractivity contribution in [2.75, 3.05) is 0 Å². The number of fused-ring (bicyclic) bond motifs is 1. The van der Waals surface area contributed by atoms with Crippen LogP contribution in [0.2, 0.25) is 0 Å². The van der Waals surface area contributed by atoms with E-state index in [0.717, 1.165) is 23.7 Å². The van der Waals surface area contributed by atoms with E-state index in [4.69, 9.17) is 0 Å². The minimum atomic E-state index is 0. The van der Waals surface area contributed by atoms with Crippen LogP contribution in [-0.2, 0) is 0 Å². The molecule has 2 atom stereocenters. The largest absolute Gasteiger partial charge is 0.0776 e. The Bertz CT molecular complexity index is 333. The molecule has 0 bridgehead atoms. The fourth-order valence-electron chi connectivity index (χ4n) is 5.97. The Morgan fingerprint density at radius 2 is 0.885 bits per heavy atom. The van der Waals surface area contributed by atoms with Crippen molar-refractivity contribution in [3.63, 3.8) is 0 Å². The molecule has 0 N–H and O–H groups in total. The van der Waals surface area contributed by atoms with E-state index in [1.54, 1.807) is 25.7 Å². The molecule has 26 heavy (non-hydrogen) atoms. The van der Waals surface area contributed by atoms with Crippen LogP contribution in [0.15, 0.2) is 0 Å². The zero-order valence-corrected chi connectivity index (χ0v) is 17.8. The highest BCUT2D eigenvalue weighted by atomic mass is 14.4. The molecule has 158 valence electrons. The molecule has 3 saturated carbocycles. The van der Waals surface area contributed by atoms with E-state index in [0.29, 0.717) is 10.8 Å². The first-order chi connectivity index (χ1) is 11.1. The fraction of sp³-hybridized carbons (Fsp3) is 1.00. The molecule has 0 aromatic carbocycles. The molecule has 3 aliphatic carbocycles. The molecule has 3 fully saturated rings. The summed E-state index contributed by atoms with van der Waals surface area (Å²) in [5, 5.41) is 0. The highest BCUT2D eigenvalue weighted by Crippen LogP contribution is 2.48. The first-order valence-corrected chi connectivity index (χ1v) is 11.1. The molecule has 0 nitrogen and oxygen atoms in total. The molecule has 3 rings (SSSR count). The monoisotopic (exact) mass is 366 g/mol. The van der Waals surface area contributed by atoms with E-state index in [9.17, 15) is 0 Å². The van der Waals surface area contributed by atoms with Gasteiger partial charge in [-0.25, -0.2) is 0 Å². The van der Waals surface area contributed by atoms with E-state index < -0.39 is 0 Å². The predicted octanol–water partition coefficient (Wildman–Crippen LogP) is 9.52. The minimum Gasteiger partial charge on any atom is -0.0776 e. The molecule has 2 unspecified atom stereocenters. The molecule has 3 aliphatic rings. The van der Waals surface area contributed by atoms with Crippen LogP contribution in [0, 0.1) is 34.5 Å². The molecule has 0 aliphatic heterocycles. The molecule has 0 spiro atoms. The van der Waals surface area contributed by atoms with Gasteiger partial charge >= 0.3 is 0 Å². The summed E-state index contributed by atoms with van der Waals surface area (Å²) < 4.78 is 0. The van der Waals surface area contributed by atoms with Gasteiger partial charge < -0.3 is 0 Å². The van der Waals surface area contributed by atoms with Crippen molar-refractivity contribution in [1.82, 2.24) is 0 Å². The van der Waals surface area contributed by atoms with Gasteiger partial charge in [0.15, 0.2) is 0 Å². The van der Waals surface area contributed by atoms with E-state index in [1.165, 1.54) is 51.4 Å². The molecule has 0 heterocycles. The van der Waals surface area contributed by atoms with Crippen molar-refractivity contribution in [2.45, 2.75) is 133 Å². The number of rotatable bonds is 2. The third kappa shape index (κ3) is 9.80. The zero-order chi connectivity index (χ0) is 17.8. The van der Waals surface area contributed by atoms with Crippen LogP contribution in [-0.4, -0.2) is 0 Å². The van der Waals surface area contributed by atoms with Crippen LogP contribution >= 0.6 is 0 Å². The van der Waals surface area contributed by atoms with Crippen molar-refractivity contribution in [3.05, 3.63) is 0 Å². The average molecular weight is 367 g/mol. The third-order valence-electron chi connectivity index (χ3n) is 6.62. The summed E-state index contributed by atoms with van der Waals surface area (Å²) in [6.07, 6.45) is 18.1. The Labute approximate surface area is 168 Å². The second-order valence-corrected chi connectivity index (χ2v) is 11.8. The fourth-order valence-corrected chi connectivity index (χ4v) is 5.97. The summed E-state index contributed by atoms with van der Waals surface area (Å²) >= 11 is 0. The maximum Gasteiger partial charge on any atom is -0.0380 e. The van der Waals surface area contributed by atoms with E-state index in [2.05, 4.69) is 41.5 Å². The van der Waals surface area contributed by atoms with Crippen LogP contribution in [0.25, 0.3) is 0 Å². The summed E-state index contributed by atoms with van der Waals surface area (Å²) in [5.41, 5.74) is 1.12. The summed E-state index contributed by atoms with van der Waals surface area (Å²) in [5.74, 6) is 4.36. The summed E-state index contributed by atoms with van der Waals surface area (Å²) in [6, 6.07) is 0. The minimum absolute atomic E-state index is 0. The summed E-state index contributed by atoms with van der Waals surface area (Å²) in [4.78, 5) is 0. The average Bonchev–Trinajstić information content (AvgIpc) is 3.03. The Balaban J connectivity index is 0.000000469.